The minimum absolute atomic E-state index is 0.0885. The third-order valence-electron chi connectivity index (χ3n) is 3.17. The molecule has 0 fully saturated rings. The average molecular weight is 261 g/mol. The molecule has 92 valence electrons. The summed E-state index contributed by atoms with van der Waals surface area (Å²) >= 11 is 7.57. The summed E-state index contributed by atoms with van der Waals surface area (Å²) in [5.74, 6) is 0. The first kappa shape index (κ1) is 14.0. The molecule has 0 spiro atoms. The number of hydrogen-bond donors (Lipinski definition) is 1. The zero-order chi connectivity index (χ0) is 12.2. The molecule has 0 aliphatic carbocycles. The van der Waals surface area contributed by atoms with Crippen LogP contribution < -0.4 is 5.73 Å². The Labute approximate surface area is 107 Å². The smallest absolute Gasteiger partial charge is 0.0931 e. The molecule has 0 saturated carbocycles. The van der Waals surface area contributed by atoms with Gasteiger partial charge in [-0.25, -0.2) is 0 Å². The third-order valence-corrected chi connectivity index (χ3v) is 4.39. The summed E-state index contributed by atoms with van der Waals surface area (Å²) in [7, 11) is 2.14. The van der Waals surface area contributed by atoms with E-state index in [9.17, 15) is 0 Å². The molecule has 0 bridgehead atoms. The molecule has 2 nitrogen and oxygen atoms in total. The number of nitrogens with two attached hydrogens (primary N) is 1. The van der Waals surface area contributed by atoms with Crippen molar-refractivity contribution >= 4 is 22.9 Å². The molecule has 2 N–H and O–H groups in total. The lowest BCUT2D eigenvalue weighted by molar-refractivity contribution is 0.126. The van der Waals surface area contributed by atoms with Gasteiger partial charge in [0.05, 0.1) is 4.34 Å². The Morgan fingerprint density at radius 3 is 2.62 bits per heavy atom. The van der Waals surface area contributed by atoms with Crippen LogP contribution >= 0.6 is 22.9 Å². The van der Waals surface area contributed by atoms with Gasteiger partial charge in [-0.15, -0.1) is 11.3 Å². The van der Waals surface area contributed by atoms with Crippen LogP contribution in [0.5, 0.6) is 0 Å². The van der Waals surface area contributed by atoms with Gasteiger partial charge in [0.15, 0.2) is 0 Å². The average Bonchev–Trinajstić information content (AvgIpc) is 2.64. The molecular formula is C12H21ClN2S. The topological polar surface area (TPSA) is 29.3 Å². The van der Waals surface area contributed by atoms with E-state index < -0.39 is 0 Å². The summed E-state index contributed by atoms with van der Waals surface area (Å²) in [6, 6.07) is 4.04. The second-order valence-electron chi connectivity index (χ2n) is 4.51. The maximum Gasteiger partial charge on any atom is 0.0931 e. The summed E-state index contributed by atoms with van der Waals surface area (Å²) in [5, 5.41) is 0. The van der Waals surface area contributed by atoms with Crippen molar-refractivity contribution in [2.45, 2.75) is 38.8 Å². The molecule has 1 aromatic rings. The van der Waals surface area contributed by atoms with E-state index in [2.05, 4.69) is 31.9 Å². The van der Waals surface area contributed by atoms with Gasteiger partial charge in [-0.3, -0.25) is 4.90 Å². The fourth-order valence-corrected chi connectivity index (χ4v) is 2.99. The van der Waals surface area contributed by atoms with E-state index in [0.29, 0.717) is 6.54 Å². The van der Waals surface area contributed by atoms with Crippen molar-refractivity contribution in [3.05, 3.63) is 21.3 Å². The predicted octanol–water partition coefficient (Wildman–Crippen LogP) is 3.35. The van der Waals surface area contributed by atoms with Crippen molar-refractivity contribution in [1.82, 2.24) is 4.90 Å². The lowest BCUT2D eigenvalue weighted by Crippen LogP contribution is -2.49. The molecule has 4 heteroatoms. The van der Waals surface area contributed by atoms with Crippen LogP contribution in [0.15, 0.2) is 12.1 Å². The Morgan fingerprint density at radius 1 is 1.50 bits per heavy atom. The highest BCUT2D eigenvalue weighted by atomic mass is 35.5. The summed E-state index contributed by atoms with van der Waals surface area (Å²) in [6.07, 6.45) is 2.28. The van der Waals surface area contributed by atoms with Crippen LogP contribution in [0.1, 0.15) is 31.6 Å². The van der Waals surface area contributed by atoms with Gasteiger partial charge in [-0.05, 0) is 32.5 Å². The molecule has 0 aromatic carbocycles. The molecule has 0 aliphatic rings. The predicted molar refractivity (Wildman–Crippen MR) is 73.2 cm³/mol. The Bertz CT molecular complexity index is 327. The standard InChI is InChI=1S/C12H21ClN2S/c1-4-7-12(2,9-14)15(3)8-10-5-6-11(13)16-10/h5-6H,4,7-9,14H2,1-3H3. The summed E-state index contributed by atoms with van der Waals surface area (Å²) in [4.78, 5) is 3.63. The largest absolute Gasteiger partial charge is 0.329 e. The molecule has 1 rings (SSSR count). The van der Waals surface area contributed by atoms with Crippen molar-refractivity contribution in [3.8, 4) is 0 Å². The van der Waals surface area contributed by atoms with Crippen LogP contribution in [0.2, 0.25) is 4.34 Å². The number of rotatable bonds is 6. The SMILES string of the molecule is CCCC(C)(CN)N(C)Cc1ccc(Cl)s1. The number of likely N-dealkylation sites (N-methyl/N-ethyl adjacent to an activating group) is 1. The highest BCUT2D eigenvalue weighted by Gasteiger charge is 2.26. The van der Waals surface area contributed by atoms with Crippen LogP contribution in [0, 0.1) is 0 Å². The third kappa shape index (κ3) is 3.45. The monoisotopic (exact) mass is 260 g/mol. The van der Waals surface area contributed by atoms with Gasteiger partial charge in [0, 0.05) is 23.5 Å². The first-order valence-electron chi connectivity index (χ1n) is 5.67. The molecule has 0 radical (unpaired) electrons. The van der Waals surface area contributed by atoms with Crippen molar-refractivity contribution < 1.29 is 0 Å². The van der Waals surface area contributed by atoms with Gasteiger partial charge < -0.3 is 5.73 Å². The van der Waals surface area contributed by atoms with Gasteiger partial charge in [-0.1, -0.05) is 24.9 Å². The van der Waals surface area contributed by atoms with Crippen molar-refractivity contribution in [1.29, 1.82) is 0 Å². The van der Waals surface area contributed by atoms with Crippen molar-refractivity contribution in [2.24, 2.45) is 5.73 Å². The van der Waals surface area contributed by atoms with Gasteiger partial charge >= 0.3 is 0 Å². The van der Waals surface area contributed by atoms with E-state index in [1.807, 2.05) is 6.07 Å². The molecule has 0 aliphatic heterocycles. The quantitative estimate of drug-likeness (QED) is 0.850. The fraction of sp³-hybridized carbons (Fsp3) is 0.667. The fourth-order valence-electron chi connectivity index (χ4n) is 1.85. The Morgan fingerprint density at radius 2 is 2.19 bits per heavy atom. The molecule has 16 heavy (non-hydrogen) atoms. The summed E-state index contributed by atoms with van der Waals surface area (Å²) in [6.45, 7) is 6.04. The maximum absolute atomic E-state index is 5.93. The second-order valence-corrected chi connectivity index (χ2v) is 6.31. The van der Waals surface area contributed by atoms with E-state index in [1.54, 1.807) is 11.3 Å². The molecule has 0 amide bonds. The maximum atomic E-state index is 5.93. The van der Waals surface area contributed by atoms with Gasteiger partial charge in [0.2, 0.25) is 0 Å². The number of hydrogen-bond acceptors (Lipinski definition) is 3. The normalized spacial score (nSPS) is 15.4. The zero-order valence-corrected chi connectivity index (χ0v) is 11.9. The molecule has 0 saturated heterocycles. The molecular weight excluding hydrogens is 240 g/mol. The van der Waals surface area contributed by atoms with Crippen LogP contribution in [-0.2, 0) is 6.54 Å². The van der Waals surface area contributed by atoms with E-state index in [4.69, 9.17) is 17.3 Å². The Hall–Kier alpha value is -0.0900. The van der Waals surface area contributed by atoms with E-state index in [-0.39, 0.29) is 5.54 Å². The Balaban J connectivity index is 2.65. The van der Waals surface area contributed by atoms with Gasteiger partial charge in [0.25, 0.3) is 0 Å². The second kappa shape index (κ2) is 6.01. The van der Waals surface area contributed by atoms with E-state index in [0.717, 1.165) is 23.7 Å². The summed E-state index contributed by atoms with van der Waals surface area (Å²) in [5.41, 5.74) is 5.98. The van der Waals surface area contributed by atoms with Crippen molar-refractivity contribution in [2.75, 3.05) is 13.6 Å². The van der Waals surface area contributed by atoms with E-state index >= 15 is 0 Å². The highest BCUT2D eigenvalue weighted by molar-refractivity contribution is 7.16. The number of halogens is 1. The van der Waals surface area contributed by atoms with Crippen LogP contribution in [0.4, 0.5) is 0 Å². The van der Waals surface area contributed by atoms with E-state index in [1.165, 1.54) is 4.88 Å². The first-order valence-corrected chi connectivity index (χ1v) is 6.87. The van der Waals surface area contributed by atoms with Crippen LogP contribution in [-0.4, -0.2) is 24.0 Å². The van der Waals surface area contributed by atoms with Crippen molar-refractivity contribution in [3.63, 3.8) is 0 Å². The number of thiophene rings is 1. The van der Waals surface area contributed by atoms with Crippen LogP contribution in [0.25, 0.3) is 0 Å². The summed E-state index contributed by atoms with van der Waals surface area (Å²) < 4.78 is 0.855. The molecule has 1 heterocycles. The first-order chi connectivity index (χ1) is 7.51. The molecule has 1 aromatic heterocycles. The minimum Gasteiger partial charge on any atom is -0.329 e. The van der Waals surface area contributed by atoms with Gasteiger partial charge in [-0.2, -0.15) is 0 Å². The minimum atomic E-state index is 0.0885. The Kier molecular flexibility index (Phi) is 5.25. The molecule has 1 atom stereocenters. The lowest BCUT2D eigenvalue weighted by atomic mass is 9.94. The molecule has 1 unspecified atom stereocenters. The lowest BCUT2D eigenvalue weighted by Gasteiger charge is -2.37. The highest BCUT2D eigenvalue weighted by Crippen LogP contribution is 2.26. The zero-order valence-electron chi connectivity index (χ0n) is 10.3. The number of nitrogens with zero attached hydrogens (tertiary/aromatic N) is 1. The van der Waals surface area contributed by atoms with Gasteiger partial charge in [0.1, 0.15) is 0 Å². The van der Waals surface area contributed by atoms with Crippen LogP contribution in [0.3, 0.4) is 0 Å².